The summed E-state index contributed by atoms with van der Waals surface area (Å²) in [5, 5.41) is 5.45. The molecule has 2 atom stereocenters. The lowest BCUT2D eigenvalue weighted by Gasteiger charge is -2.14. The van der Waals surface area contributed by atoms with Crippen molar-refractivity contribution in [2.45, 2.75) is 25.5 Å². The number of ether oxygens (including phenoxy) is 2. The molecule has 0 saturated carbocycles. The molecule has 2 heterocycles. The first-order valence-electron chi connectivity index (χ1n) is 8.63. The average molecular weight is 357 g/mol. The third kappa shape index (κ3) is 4.05. The summed E-state index contributed by atoms with van der Waals surface area (Å²) in [6, 6.07) is 11.2. The van der Waals surface area contributed by atoms with E-state index in [1.807, 2.05) is 37.3 Å². The molecule has 2 amide bonds. The predicted molar refractivity (Wildman–Crippen MR) is 96.4 cm³/mol. The molecule has 26 heavy (non-hydrogen) atoms. The Morgan fingerprint density at radius 2 is 2.04 bits per heavy atom. The molecule has 7 heteroatoms. The quantitative estimate of drug-likeness (QED) is 0.738. The molecule has 1 aliphatic rings. The highest BCUT2D eigenvalue weighted by molar-refractivity contribution is 5.99. The number of aromatic amines is 1. The Balaban J connectivity index is 1.80. The summed E-state index contributed by atoms with van der Waals surface area (Å²) in [6.45, 7) is 3.04. The van der Waals surface area contributed by atoms with Crippen molar-refractivity contribution >= 4 is 11.8 Å². The van der Waals surface area contributed by atoms with Crippen molar-refractivity contribution < 1.29 is 19.1 Å². The predicted octanol–water partition coefficient (Wildman–Crippen LogP) is 2.03. The second-order valence-corrected chi connectivity index (χ2v) is 6.21. The van der Waals surface area contributed by atoms with Gasteiger partial charge in [0.05, 0.1) is 12.6 Å². The molecule has 1 aromatic carbocycles. The van der Waals surface area contributed by atoms with Gasteiger partial charge >= 0.3 is 0 Å². The molecule has 0 bridgehead atoms. The van der Waals surface area contributed by atoms with Crippen LogP contribution in [0.1, 0.15) is 46.0 Å². The highest BCUT2D eigenvalue weighted by atomic mass is 16.5. The first kappa shape index (κ1) is 18.0. The molecule has 0 unspecified atom stereocenters. The van der Waals surface area contributed by atoms with Crippen LogP contribution in [0.3, 0.4) is 0 Å². The molecule has 0 radical (unpaired) electrons. The molecule has 138 valence electrons. The minimum atomic E-state index is -0.344. The number of hydrogen-bond acceptors (Lipinski definition) is 4. The Morgan fingerprint density at radius 1 is 1.27 bits per heavy atom. The molecule has 1 aromatic heterocycles. The number of aromatic nitrogens is 1. The fourth-order valence-electron chi connectivity index (χ4n) is 2.84. The van der Waals surface area contributed by atoms with Gasteiger partial charge in [0.2, 0.25) is 0 Å². The summed E-state index contributed by atoms with van der Waals surface area (Å²) < 4.78 is 11.2. The number of carbonyl (C=O) groups is 2. The number of H-pyrrole nitrogens is 1. The van der Waals surface area contributed by atoms with Crippen molar-refractivity contribution in [2.24, 2.45) is 0 Å². The van der Waals surface area contributed by atoms with E-state index in [4.69, 9.17) is 9.47 Å². The van der Waals surface area contributed by atoms with Crippen molar-refractivity contribution in [3.8, 4) is 5.75 Å². The lowest BCUT2D eigenvalue weighted by molar-refractivity contribution is 0.0925. The number of nitrogens with one attached hydrogen (secondary N) is 3. The van der Waals surface area contributed by atoms with Crippen LogP contribution in [-0.4, -0.2) is 43.1 Å². The lowest BCUT2D eigenvalue weighted by atomic mass is 10.1. The Hall–Kier alpha value is -2.80. The number of rotatable bonds is 6. The minimum Gasteiger partial charge on any atom is -0.484 e. The summed E-state index contributed by atoms with van der Waals surface area (Å²) >= 11 is 0. The van der Waals surface area contributed by atoms with Crippen molar-refractivity contribution in [1.29, 1.82) is 0 Å². The monoisotopic (exact) mass is 357 g/mol. The number of amides is 2. The molecule has 0 spiro atoms. The zero-order valence-electron chi connectivity index (χ0n) is 14.9. The van der Waals surface area contributed by atoms with E-state index in [9.17, 15) is 9.59 Å². The maximum absolute atomic E-state index is 12.4. The number of benzene rings is 1. The molecule has 1 saturated heterocycles. The van der Waals surface area contributed by atoms with Gasteiger partial charge in [-0.15, -0.1) is 0 Å². The van der Waals surface area contributed by atoms with Gasteiger partial charge in [0.15, 0.2) is 5.75 Å². The molecule has 0 aliphatic carbocycles. The van der Waals surface area contributed by atoms with Crippen LogP contribution >= 0.6 is 0 Å². The maximum Gasteiger partial charge on any atom is 0.271 e. The van der Waals surface area contributed by atoms with Crippen molar-refractivity contribution in [2.75, 3.05) is 20.3 Å². The van der Waals surface area contributed by atoms with Gasteiger partial charge in [-0.05, 0) is 18.9 Å². The van der Waals surface area contributed by atoms with Crippen LogP contribution in [0.15, 0.2) is 36.4 Å². The Morgan fingerprint density at radius 3 is 2.69 bits per heavy atom. The zero-order chi connectivity index (χ0) is 18.5. The van der Waals surface area contributed by atoms with Crippen molar-refractivity contribution in [3.63, 3.8) is 0 Å². The molecular weight excluding hydrogens is 334 g/mol. The molecule has 7 nitrogen and oxygen atoms in total. The van der Waals surface area contributed by atoms with Gasteiger partial charge in [0, 0.05) is 19.7 Å². The van der Waals surface area contributed by atoms with Gasteiger partial charge < -0.3 is 25.1 Å². The van der Waals surface area contributed by atoms with E-state index in [0.717, 1.165) is 12.0 Å². The van der Waals surface area contributed by atoms with Crippen LogP contribution in [0.4, 0.5) is 0 Å². The summed E-state index contributed by atoms with van der Waals surface area (Å²) in [5.41, 5.74) is 1.49. The molecule has 2 aromatic rings. The Bertz CT molecular complexity index is 766. The fourth-order valence-corrected chi connectivity index (χ4v) is 2.84. The van der Waals surface area contributed by atoms with Gasteiger partial charge in [-0.2, -0.15) is 0 Å². The van der Waals surface area contributed by atoms with Gasteiger partial charge in [-0.25, -0.2) is 0 Å². The van der Waals surface area contributed by atoms with Crippen LogP contribution in [0.25, 0.3) is 0 Å². The fraction of sp³-hybridized carbons (Fsp3) is 0.368. The van der Waals surface area contributed by atoms with Gasteiger partial charge in [-0.3, -0.25) is 9.59 Å². The molecule has 3 rings (SSSR count). The average Bonchev–Trinajstić information content (AvgIpc) is 3.31. The second-order valence-electron chi connectivity index (χ2n) is 6.21. The topological polar surface area (TPSA) is 92.5 Å². The number of carbonyl (C=O) groups excluding carboxylic acids is 2. The summed E-state index contributed by atoms with van der Waals surface area (Å²) in [5.74, 6) is -0.287. The lowest BCUT2D eigenvalue weighted by Crippen LogP contribution is -2.35. The Kier molecular flexibility index (Phi) is 5.58. The van der Waals surface area contributed by atoms with Gasteiger partial charge in [0.1, 0.15) is 17.5 Å². The van der Waals surface area contributed by atoms with Crippen molar-refractivity contribution in [3.05, 3.63) is 53.3 Å². The maximum atomic E-state index is 12.4. The summed E-state index contributed by atoms with van der Waals surface area (Å²) in [6.07, 6.45) is 0.512. The van der Waals surface area contributed by atoms with E-state index in [1.54, 1.807) is 6.07 Å². The van der Waals surface area contributed by atoms with E-state index in [2.05, 4.69) is 15.6 Å². The smallest absolute Gasteiger partial charge is 0.271 e. The molecule has 1 aliphatic heterocycles. The van der Waals surface area contributed by atoms with E-state index >= 15 is 0 Å². The van der Waals surface area contributed by atoms with E-state index in [1.165, 1.54) is 7.05 Å². The van der Waals surface area contributed by atoms with Crippen LogP contribution in [0.5, 0.6) is 5.75 Å². The molecule has 3 N–H and O–H groups in total. The highest BCUT2D eigenvalue weighted by Crippen LogP contribution is 2.26. The highest BCUT2D eigenvalue weighted by Gasteiger charge is 2.24. The SMILES string of the molecule is CNC(=O)c1[nH]c(C(=O)N[C@H]2CCOC2)cc1O[C@H](C)c1ccccc1. The van der Waals surface area contributed by atoms with Gasteiger partial charge in [0.25, 0.3) is 11.8 Å². The summed E-state index contributed by atoms with van der Waals surface area (Å²) in [4.78, 5) is 27.5. The largest absolute Gasteiger partial charge is 0.484 e. The second kappa shape index (κ2) is 8.05. The van der Waals surface area contributed by atoms with E-state index in [0.29, 0.717) is 19.0 Å². The van der Waals surface area contributed by atoms with Crippen LogP contribution in [0, 0.1) is 0 Å². The molecule has 1 fully saturated rings. The first-order valence-corrected chi connectivity index (χ1v) is 8.63. The van der Waals surface area contributed by atoms with Crippen LogP contribution in [-0.2, 0) is 4.74 Å². The number of hydrogen-bond donors (Lipinski definition) is 3. The van der Waals surface area contributed by atoms with Crippen LogP contribution < -0.4 is 15.4 Å². The zero-order valence-corrected chi connectivity index (χ0v) is 14.9. The summed E-state index contributed by atoms with van der Waals surface area (Å²) in [7, 11) is 1.53. The standard InChI is InChI=1S/C19H23N3O4/c1-12(13-6-4-3-5-7-13)26-16-10-15(22-17(16)19(24)20-2)18(23)21-14-8-9-25-11-14/h3-7,10,12,14,22H,8-9,11H2,1-2H3,(H,20,24)(H,21,23)/t12-,14+/m1/s1. The third-order valence-electron chi connectivity index (χ3n) is 4.32. The normalized spacial score (nSPS) is 17.5. The minimum absolute atomic E-state index is 0.0122. The van der Waals surface area contributed by atoms with Crippen LogP contribution in [0.2, 0.25) is 0 Å². The first-order chi connectivity index (χ1) is 12.6. The van der Waals surface area contributed by atoms with E-state index in [-0.39, 0.29) is 35.3 Å². The molecular formula is C19H23N3O4. The van der Waals surface area contributed by atoms with E-state index < -0.39 is 0 Å². The third-order valence-corrected chi connectivity index (χ3v) is 4.32. The Labute approximate surface area is 152 Å². The van der Waals surface area contributed by atoms with Crippen molar-refractivity contribution in [1.82, 2.24) is 15.6 Å². The van der Waals surface area contributed by atoms with Gasteiger partial charge in [-0.1, -0.05) is 30.3 Å².